The van der Waals surface area contributed by atoms with Gasteiger partial charge in [-0.05, 0) is 62.4 Å². The fourth-order valence-electron chi connectivity index (χ4n) is 4.02. The van der Waals surface area contributed by atoms with Crippen molar-refractivity contribution in [1.82, 2.24) is 5.32 Å². The minimum absolute atomic E-state index is 0.175. The molecule has 3 rings (SSSR count). The summed E-state index contributed by atoms with van der Waals surface area (Å²) in [7, 11) is -3.72. The average molecular weight is 472 g/mol. The number of sulfonamides is 1. The molecule has 2 aromatic carbocycles. The molecule has 1 fully saturated rings. The van der Waals surface area contributed by atoms with Gasteiger partial charge >= 0.3 is 0 Å². The highest BCUT2D eigenvalue weighted by Crippen LogP contribution is 2.25. The quantitative estimate of drug-likeness (QED) is 0.592. The zero-order chi connectivity index (χ0) is 24.2. The van der Waals surface area contributed by atoms with Crippen LogP contribution >= 0.6 is 0 Å². The topological polar surface area (TPSA) is 86.8 Å². The van der Waals surface area contributed by atoms with Crippen LogP contribution < -0.4 is 14.5 Å². The molecular weight excluding hydrogens is 438 g/mol. The van der Waals surface area contributed by atoms with Crippen LogP contribution in [0.4, 0.5) is 11.4 Å². The fourth-order valence-corrected chi connectivity index (χ4v) is 4.87. The van der Waals surface area contributed by atoms with E-state index in [2.05, 4.69) is 29.3 Å². The molecule has 2 aromatic rings. The highest BCUT2D eigenvalue weighted by atomic mass is 32.2. The number of nitrogens with zero attached hydrogens (tertiary/aromatic N) is 2. The van der Waals surface area contributed by atoms with Gasteiger partial charge in [0.05, 0.1) is 18.0 Å². The van der Waals surface area contributed by atoms with Crippen LogP contribution in [0, 0.1) is 5.92 Å². The minimum Gasteiger partial charge on any atom is -0.372 e. The number of anilines is 2. The van der Waals surface area contributed by atoms with Crippen molar-refractivity contribution >= 4 is 33.1 Å². The third-order valence-electron chi connectivity index (χ3n) is 6.15. The number of carbonyl (C=O) groups is 2. The molecule has 1 saturated heterocycles. The van der Waals surface area contributed by atoms with E-state index in [4.69, 9.17) is 0 Å². The minimum atomic E-state index is -3.72. The van der Waals surface area contributed by atoms with Gasteiger partial charge in [0.1, 0.15) is 6.54 Å². The van der Waals surface area contributed by atoms with Crippen molar-refractivity contribution in [2.45, 2.75) is 39.7 Å². The van der Waals surface area contributed by atoms with Crippen molar-refractivity contribution in [3.63, 3.8) is 0 Å². The number of nitrogens with one attached hydrogen (secondary N) is 1. The summed E-state index contributed by atoms with van der Waals surface area (Å²) in [6.07, 6.45) is 3.44. The van der Waals surface area contributed by atoms with Crippen LogP contribution in [-0.4, -0.2) is 46.0 Å². The lowest BCUT2D eigenvalue weighted by Crippen LogP contribution is -2.41. The molecule has 0 radical (unpaired) electrons. The van der Waals surface area contributed by atoms with E-state index in [9.17, 15) is 18.0 Å². The smallest absolute Gasteiger partial charge is 0.241 e. The molecule has 1 aliphatic rings. The Kier molecular flexibility index (Phi) is 7.79. The molecule has 0 aromatic heterocycles. The van der Waals surface area contributed by atoms with Crippen molar-refractivity contribution in [3.05, 3.63) is 59.7 Å². The number of piperidine rings is 1. The highest BCUT2D eigenvalue weighted by Gasteiger charge is 2.23. The Bertz CT molecular complexity index is 1090. The number of amides is 1. The van der Waals surface area contributed by atoms with Gasteiger partial charge in [-0.2, -0.15) is 0 Å². The van der Waals surface area contributed by atoms with E-state index in [1.807, 2.05) is 19.1 Å². The van der Waals surface area contributed by atoms with E-state index < -0.39 is 15.9 Å². The molecule has 0 aliphatic carbocycles. The van der Waals surface area contributed by atoms with Crippen molar-refractivity contribution in [3.8, 4) is 0 Å². The maximum absolute atomic E-state index is 12.7. The second-order valence-corrected chi connectivity index (χ2v) is 10.8. The maximum atomic E-state index is 12.7. The number of ketones is 1. The molecule has 1 N–H and O–H groups in total. The molecule has 0 saturated carbocycles. The van der Waals surface area contributed by atoms with Gasteiger partial charge < -0.3 is 10.2 Å². The summed E-state index contributed by atoms with van der Waals surface area (Å²) in [5.41, 5.74) is 2.80. The van der Waals surface area contributed by atoms with Crippen molar-refractivity contribution in [1.29, 1.82) is 0 Å². The maximum Gasteiger partial charge on any atom is 0.241 e. The molecule has 1 atom stereocenters. The molecule has 178 valence electrons. The standard InChI is InChI=1S/C25H33N3O4S/c1-18-12-14-27(15-13-18)23-10-8-21(9-11-23)19(2)26-25(30)17-28(33(4,31)32)24-7-5-6-22(16-24)20(3)29/h5-11,16,18-19H,12-15,17H2,1-4H3,(H,26,30). The molecule has 8 heteroatoms. The summed E-state index contributed by atoms with van der Waals surface area (Å²) in [4.78, 5) is 26.8. The average Bonchev–Trinajstić information content (AvgIpc) is 2.77. The van der Waals surface area contributed by atoms with Gasteiger partial charge in [0, 0.05) is 24.3 Å². The Morgan fingerprint density at radius 3 is 2.33 bits per heavy atom. The van der Waals surface area contributed by atoms with Gasteiger partial charge in [-0.3, -0.25) is 13.9 Å². The molecule has 1 unspecified atom stereocenters. The zero-order valence-electron chi connectivity index (χ0n) is 19.7. The Balaban J connectivity index is 1.66. The molecule has 1 aliphatic heterocycles. The van der Waals surface area contributed by atoms with E-state index in [1.165, 1.54) is 31.5 Å². The molecule has 33 heavy (non-hydrogen) atoms. The van der Waals surface area contributed by atoms with Gasteiger partial charge in [-0.1, -0.05) is 31.2 Å². The van der Waals surface area contributed by atoms with E-state index in [0.29, 0.717) is 5.56 Å². The first-order chi connectivity index (χ1) is 15.5. The van der Waals surface area contributed by atoms with Crippen molar-refractivity contribution in [2.75, 3.05) is 35.1 Å². The monoisotopic (exact) mass is 471 g/mol. The van der Waals surface area contributed by atoms with Crippen LogP contribution in [0.25, 0.3) is 0 Å². The van der Waals surface area contributed by atoms with Crippen LogP contribution in [0.5, 0.6) is 0 Å². The van der Waals surface area contributed by atoms with E-state index >= 15 is 0 Å². The number of Topliss-reactive ketones (excluding diaryl/α,β-unsaturated/α-hetero) is 1. The van der Waals surface area contributed by atoms with E-state index in [0.717, 1.165) is 35.1 Å². The van der Waals surface area contributed by atoms with Gasteiger partial charge in [-0.15, -0.1) is 0 Å². The number of benzene rings is 2. The summed E-state index contributed by atoms with van der Waals surface area (Å²) in [5.74, 6) is 0.174. The van der Waals surface area contributed by atoms with Crippen LogP contribution in [0.15, 0.2) is 48.5 Å². The Hall–Kier alpha value is -2.87. The fraction of sp³-hybridized carbons (Fsp3) is 0.440. The van der Waals surface area contributed by atoms with Crippen LogP contribution in [0.3, 0.4) is 0 Å². The summed E-state index contributed by atoms with van der Waals surface area (Å²) < 4.78 is 25.8. The molecular formula is C25H33N3O4S. The Morgan fingerprint density at radius 1 is 1.12 bits per heavy atom. The van der Waals surface area contributed by atoms with E-state index in [-0.39, 0.29) is 24.1 Å². The SMILES string of the molecule is CC(=O)c1cccc(N(CC(=O)NC(C)c2ccc(N3CCC(C)CC3)cc2)S(C)(=O)=O)c1. The third kappa shape index (κ3) is 6.57. The third-order valence-corrected chi connectivity index (χ3v) is 7.29. The number of hydrogen-bond donors (Lipinski definition) is 1. The lowest BCUT2D eigenvalue weighted by Gasteiger charge is -2.32. The van der Waals surface area contributed by atoms with Crippen LogP contribution in [0.1, 0.15) is 55.6 Å². The predicted molar refractivity (Wildman–Crippen MR) is 132 cm³/mol. The van der Waals surface area contributed by atoms with Gasteiger partial charge in [-0.25, -0.2) is 8.42 Å². The molecule has 0 spiro atoms. The Labute approximate surface area is 196 Å². The molecule has 7 nitrogen and oxygen atoms in total. The highest BCUT2D eigenvalue weighted by molar-refractivity contribution is 7.92. The van der Waals surface area contributed by atoms with Gasteiger partial charge in [0.25, 0.3) is 0 Å². The van der Waals surface area contributed by atoms with Gasteiger partial charge in [0.2, 0.25) is 15.9 Å². The van der Waals surface area contributed by atoms with Gasteiger partial charge in [0.15, 0.2) is 5.78 Å². The summed E-state index contributed by atoms with van der Waals surface area (Å²) >= 11 is 0. The number of carbonyl (C=O) groups excluding carboxylic acids is 2. The first kappa shape index (κ1) is 24.8. The summed E-state index contributed by atoms with van der Waals surface area (Å²) in [5, 5.41) is 2.89. The van der Waals surface area contributed by atoms with Crippen molar-refractivity contribution in [2.24, 2.45) is 5.92 Å². The van der Waals surface area contributed by atoms with Crippen LogP contribution in [0.2, 0.25) is 0 Å². The first-order valence-electron chi connectivity index (χ1n) is 11.3. The second kappa shape index (κ2) is 10.4. The molecule has 1 amide bonds. The Morgan fingerprint density at radius 2 is 1.76 bits per heavy atom. The van der Waals surface area contributed by atoms with E-state index in [1.54, 1.807) is 18.2 Å². The number of hydrogen-bond acceptors (Lipinski definition) is 5. The predicted octanol–water partition coefficient (Wildman–Crippen LogP) is 3.77. The van der Waals surface area contributed by atoms with Crippen LogP contribution in [-0.2, 0) is 14.8 Å². The summed E-state index contributed by atoms with van der Waals surface area (Å²) in [6, 6.07) is 14.2. The summed E-state index contributed by atoms with van der Waals surface area (Å²) in [6.45, 7) is 7.31. The normalized spacial score (nSPS) is 15.7. The largest absolute Gasteiger partial charge is 0.372 e. The molecule has 1 heterocycles. The van der Waals surface area contributed by atoms with Crippen molar-refractivity contribution < 1.29 is 18.0 Å². The lowest BCUT2D eigenvalue weighted by atomic mass is 9.98. The molecule has 0 bridgehead atoms. The zero-order valence-corrected chi connectivity index (χ0v) is 20.6. The second-order valence-electron chi connectivity index (χ2n) is 8.93. The number of rotatable bonds is 8. The first-order valence-corrected chi connectivity index (χ1v) is 13.1. The lowest BCUT2D eigenvalue weighted by molar-refractivity contribution is -0.120.